The minimum absolute atomic E-state index is 0.266. The number of rotatable bonds is 1. The summed E-state index contributed by atoms with van der Waals surface area (Å²) in [5.41, 5.74) is 7.22. The van der Waals surface area contributed by atoms with Crippen LogP contribution in [0.5, 0.6) is 5.75 Å². The quantitative estimate of drug-likeness (QED) is 0.728. The molecule has 0 bridgehead atoms. The molecule has 0 spiro atoms. The maximum Gasteiger partial charge on any atom is 0.218 e. The Labute approximate surface area is 87.2 Å². The first-order valence-electron chi connectivity index (χ1n) is 4.54. The van der Waals surface area contributed by atoms with Crippen LogP contribution in [-0.2, 0) is 7.05 Å². The molecule has 0 aliphatic heterocycles. The highest BCUT2D eigenvalue weighted by Gasteiger charge is 2.07. The van der Waals surface area contributed by atoms with E-state index in [9.17, 15) is 5.11 Å². The lowest BCUT2D eigenvalue weighted by atomic mass is 10.1. The molecule has 5 nitrogen and oxygen atoms in total. The van der Waals surface area contributed by atoms with Crippen LogP contribution < -0.4 is 5.73 Å². The van der Waals surface area contributed by atoms with Crippen molar-refractivity contribution in [1.82, 2.24) is 14.8 Å². The van der Waals surface area contributed by atoms with Crippen LogP contribution in [0.25, 0.3) is 11.4 Å². The predicted octanol–water partition coefficient (Wildman–Crippen LogP) is 1.08. The zero-order valence-electron chi connectivity index (χ0n) is 8.60. The van der Waals surface area contributed by atoms with Crippen molar-refractivity contribution in [2.24, 2.45) is 7.05 Å². The number of nitrogen functional groups attached to an aromatic ring is 1. The molecule has 0 amide bonds. The topological polar surface area (TPSA) is 77.0 Å². The number of hydrogen-bond donors (Lipinski definition) is 2. The second-order valence-electron chi connectivity index (χ2n) is 3.42. The number of aromatic hydroxyl groups is 1. The molecular weight excluding hydrogens is 192 g/mol. The Hall–Kier alpha value is -2.04. The molecule has 0 aliphatic rings. The van der Waals surface area contributed by atoms with Gasteiger partial charge >= 0.3 is 0 Å². The Morgan fingerprint density at radius 3 is 2.67 bits per heavy atom. The first-order chi connectivity index (χ1) is 7.08. The van der Waals surface area contributed by atoms with Crippen LogP contribution in [0.2, 0.25) is 0 Å². The number of phenols is 1. The highest BCUT2D eigenvalue weighted by atomic mass is 16.3. The summed E-state index contributed by atoms with van der Waals surface area (Å²) in [5, 5.41) is 13.5. The Balaban J connectivity index is 2.49. The molecule has 1 heterocycles. The molecule has 78 valence electrons. The fourth-order valence-electron chi connectivity index (χ4n) is 1.31. The number of aromatic nitrogens is 3. The Kier molecular flexibility index (Phi) is 2.07. The number of anilines is 1. The van der Waals surface area contributed by atoms with Crippen molar-refractivity contribution in [3.63, 3.8) is 0 Å². The van der Waals surface area contributed by atoms with E-state index >= 15 is 0 Å². The van der Waals surface area contributed by atoms with E-state index in [0.717, 1.165) is 11.1 Å². The molecule has 15 heavy (non-hydrogen) atoms. The van der Waals surface area contributed by atoms with Crippen LogP contribution in [0.15, 0.2) is 18.2 Å². The van der Waals surface area contributed by atoms with E-state index in [2.05, 4.69) is 10.1 Å². The van der Waals surface area contributed by atoms with E-state index in [4.69, 9.17) is 5.73 Å². The molecular formula is C10H12N4O. The van der Waals surface area contributed by atoms with Gasteiger partial charge in [0.25, 0.3) is 0 Å². The lowest BCUT2D eigenvalue weighted by Gasteiger charge is -1.99. The van der Waals surface area contributed by atoms with Gasteiger partial charge in [-0.2, -0.15) is 4.98 Å². The first-order valence-corrected chi connectivity index (χ1v) is 4.54. The van der Waals surface area contributed by atoms with E-state index in [1.165, 1.54) is 4.68 Å². The van der Waals surface area contributed by atoms with Crippen LogP contribution in [0.4, 0.5) is 5.95 Å². The van der Waals surface area contributed by atoms with Gasteiger partial charge in [-0.05, 0) is 30.7 Å². The van der Waals surface area contributed by atoms with Crippen molar-refractivity contribution in [2.45, 2.75) is 6.92 Å². The summed E-state index contributed by atoms with van der Waals surface area (Å²) in [7, 11) is 1.74. The number of hydrogen-bond acceptors (Lipinski definition) is 4. The van der Waals surface area contributed by atoms with E-state index in [1.54, 1.807) is 19.2 Å². The summed E-state index contributed by atoms with van der Waals surface area (Å²) in [4.78, 5) is 4.10. The van der Waals surface area contributed by atoms with Gasteiger partial charge in [0.15, 0.2) is 5.82 Å². The summed E-state index contributed by atoms with van der Waals surface area (Å²) in [6, 6.07) is 5.21. The summed E-state index contributed by atoms with van der Waals surface area (Å²) in [5.74, 6) is 1.21. The molecule has 5 heteroatoms. The zero-order valence-corrected chi connectivity index (χ0v) is 8.60. The molecule has 0 saturated carbocycles. The third-order valence-electron chi connectivity index (χ3n) is 2.25. The zero-order chi connectivity index (χ0) is 11.0. The summed E-state index contributed by atoms with van der Waals surface area (Å²) in [6.45, 7) is 1.82. The van der Waals surface area contributed by atoms with Crippen LogP contribution >= 0.6 is 0 Å². The highest BCUT2D eigenvalue weighted by Crippen LogP contribution is 2.23. The molecule has 3 N–H and O–H groups in total. The Bertz CT molecular complexity index is 485. The van der Waals surface area contributed by atoms with Crippen LogP contribution in [-0.4, -0.2) is 19.9 Å². The van der Waals surface area contributed by atoms with E-state index in [1.807, 2.05) is 13.0 Å². The average molecular weight is 204 g/mol. The standard InChI is InChI=1S/C10H12N4O/c1-6-5-7(3-4-8(6)15)9-12-10(11)14(2)13-9/h3-5,15H,1-2H3,(H2,11,12,13). The minimum Gasteiger partial charge on any atom is -0.508 e. The first kappa shape index (κ1) is 9.51. The van der Waals surface area contributed by atoms with Gasteiger partial charge in [0, 0.05) is 12.6 Å². The Morgan fingerprint density at radius 1 is 1.40 bits per heavy atom. The molecule has 0 atom stereocenters. The minimum atomic E-state index is 0.266. The predicted molar refractivity (Wildman–Crippen MR) is 57.3 cm³/mol. The van der Waals surface area contributed by atoms with Gasteiger partial charge in [-0.3, -0.25) is 0 Å². The smallest absolute Gasteiger partial charge is 0.218 e. The molecule has 2 rings (SSSR count). The van der Waals surface area contributed by atoms with Gasteiger partial charge in [0.1, 0.15) is 5.75 Å². The third kappa shape index (κ3) is 1.63. The van der Waals surface area contributed by atoms with Gasteiger partial charge in [-0.1, -0.05) is 0 Å². The molecule has 1 aromatic carbocycles. The summed E-state index contributed by atoms with van der Waals surface area (Å²) >= 11 is 0. The number of nitrogens with two attached hydrogens (primary N) is 1. The van der Waals surface area contributed by atoms with Gasteiger partial charge in [-0.15, -0.1) is 5.10 Å². The Morgan fingerprint density at radius 2 is 2.13 bits per heavy atom. The lowest BCUT2D eigenvalue weighted by Crippen LogP contribution is -1.97. The van der Waals surface area contributed by atoms with Crippen molar-refractivity contribution in [3.8, 4) is 17.1 Å². The second kappa shape index (κ2) is 3.27. The van der Waals surface area contributed by atoms with E-state index in [0.29, 0.717) is 11.8 Å². The van der Waals surface area contributed by atoms with Gasteiger partial charge in [0.2, 0.25) is 5.95 Å². The highest BCUT2D eigenvalue weighted by molar-refractivity contribution is 5.59. The molecule has 0 aliphatic carbocycles. The summed E-state index contributed by atoms with van der Waals surface area (Å²) < 4.78 is 1.51. The van der Waals surface area contributed by atoms with Crippen LogP contribution in [0, 0.1) is 6.92 Å². The largest absolute Gasteiger partial charge is 0.508 e. The molecule has 0 fully saturated rings. The number of nitrogens with zero attached hydrogens (tertiary/aromatic N) is 3. The second-order valence-corrected chi connectivity index (χ2v) is 3.42. The molecule has 0 unspecified atom stereocenters. The normalized spacial score (nSPS) is 10.5. The van der Waals surface area contributed by atoms with Crippen molar-refractivity contribution in [1.29, 1.82) is 0 Å². The SMILES string of the molecule is Cc1cc(-c2nc(N)n(C)n2)ccc1O. The van der Waals surface area contributed by atoms with Gasteiger partial charge < -0.3 is 10.8 Å². The van der Waals surface area contributed by atoms with Crippen molar-refractivity contribution in [2.75, 3.05) is 5.73 Å². The average Bonchev–Trinajstić information content (AvgIpc) is 2.52. The lowest BCUT2D eigenvalue weighted by molar-refractivity contribution is 0.471. The maximum absolute atomic E-state index is 9.38. The van der Waals surface area contributed by atoms with Crippen molar-refractivity contribution in [3.05, 3.63) is 23.8 Å². The molecule has 0 radical (unpaired) electrons. The van der Waals surface area contributed by atoms with Gasteiger partial charge in [0.05, 0.1) is 0 Å². The molecule has 2 aromatic rings. The van der Waals surface area contributed by atoms with E-state index in [-0.39, 0.29) is 5.75 Å². The van der Waals surface area contributed by atoms with Crippen molar-refractivity contribution < 1.29 is 5.11 Å². The van der Waals surface area contributed by atoms with Crippen molar-refractivity contribution >= 4 is 5.95 Å². The molecule has 0 saturated heterocycles. The van der Waals surface area contributed by atoms with Crippen LogP contribution in [0.3, 0.4) is 0 Å². The van der Waals surface area contributed by atoms with Gasteiger partial charge in [-0.25, -0.2) is 4.68 Å². The fourth-order valence-corrected chi connectivity index (χ4v) is 1.31. The number of phenolic OH excluding ortho intramolecular Hbond substituents is 1. The molecule has 1 aromatic heterocycles. The summed E-state index contributed by atoms with van der Waals surface area (Å²) in [6.07, 6.45) is 0. The number of benzene rings is 1. The van der Waals surface area contributed by atoms with E-state index < -0.39 is 0 Å². The maximum atomic E-state index is 9.38. The number of aryl methyl sites for hydroxylation is 2. The fraction of sp³-hybridized carbons (Fsp3) is 0.200. The van der Waals surface area contributed by atoms with Crippen LogP contribution in [0.1, 0.15) is 5.56 Å². The third-order valence-corrected chi connectivity index (χ3v) is 2.25. The monoisotopic (exact) mass is 204 g/mol.